The summed E-state index contributed by atoms with van der Waals surface area (Å²) in [5, 5.41) is 20.7. The zero-order valence-electron chi connectivity index (χ0n) is 13.0. The molecule has 24 heavy (non-hydrogen) atoms. The van der Waals surface area contributed by atoms with E-state index in [0.717, 1.165) is 5.56 Å². The number of nitro benzene ring substituents is 1. The van der Waals surface area contributed by atoms with E-state index in [1.807, 2.05) is 30.3 Å². The lowest BCUT2D eigenvalue weighted by Gasteiger charge is -2.18. The lowest BCUT2D eigenvalue weighted by atomic mass is 9.99. The SMILES string of the molecule is Cl.NC(CCC#Cc1ccc([N+](=O)[O-])cc1)C(O)c1ccccc1. The molecular weight excluding hydrogens is 328 g/mol. The van der Waals surface area contributed by atoms with Crippen LogP contribution in [0.5, 0.6) is 0 Å². The van der Waals surface area contributed by atoms with E-state index in [-0.39, 0.29) is 24.1 Å². The molecule has 0 radical (unpaired) electrons. The van der Waals surface area contributed by atoms with Gasteiger partial charge in [0.1, 0.15) is 0 Å². The average molecular weight is 347 g/mol. The maximum Gasteiger partial charge on any atom is 0.269 e. The van der Waals surface area contributed by atoms with Crippen molar-refractivity contribution in [1.82, 2.24) is 0 Å². The second kappa shape index (κ2) is 9.68. The first kappa shape index (κ1) is 19.7. The highest BCUT2D eigenvalue weighted by Gasteiger charge is 2.15. The van der Waals surface area contributed by atoms with Crippen molar-refractivity contribution in [3.05, 3.63) is 75.8 Å². The van der Waals surface area contributed by atoms with Crippen LogP contribution in [0.15, 0.2) is 54.6 Å². The summed E-state index contributed by atoms with van der Waals surface area (Å²) in [5.41, 5.74) is 7.54. The molecule has 2 rings (SSSR count). The molecular formula is C18H19ClN2O3. The van der Waals surface area contributed by atoms with Crippen LogP contribution in [-0.4, -0.2) is 16.1 Å². The Balaban J connectivity index is 0.00000288. The van der Waals surface area contributed by atoms with Gasteiger partial charge in [-0.2, -0.15) is 0 Å². The highest BCUT2D eigenvalue weighted by molar-refractivity contribution is 5.85. The molecule has 3 N–H and O–H groups in total. The number of halogens is 1. The number of benzene rings is 2. The van der Waals surface area contributed by atoms with E-state index in [2.05, 4.69) is 11.8 Å². The van der Waals surface area contributed by atoms with E-state index in [1.54, 1.807) is 12.1 Å². The summed E-state index contributed by atoms with van der Waals surface area (Å²) in [4.78, 5) is 10.1. The topological polar surface area (TPSA) is 89.4 Å². The molecule has 2 aromatic rings. The normalized spacial score (nSPS) is 12.2. The van der Waals surface area contributed by atoms with Gasteiger partial charge in [0.25, 0.3) is 5.69 Å². The predicted octanol–water partition coefficient (Wildman–Crippen LogP) is 3.21. The van der Waals surface area contributed by atoms with E-state index in [0.29, 0.717) is 18.4 Å². The van der Waals surface area contributed by atoms with Gasteiger partial charge in [0.05, 0.1) is 11.0 Å². The zero-order chi connectivity index (χ0) is 16.7. The van der Waals surface area contributed by atoms with Crippen LogP contribution in [0, 0.1) is 22.0 Å². The summed E-state index contributed by atoms with van der Waals surface area (Å²) < 4.78 is 0. The minimum absolute atomic E-state index is 0. The third-order valence-corrected chi connectivity index (χ3v) is 3.46. The predicted molar refractivity (Wildman–Crippen MR) is 95.8 cm³/mol. The van der Waals surface area contributed by atoms with Crippen molar-refractivity contribution in [1.29, 1.82) is 0 Å². The largest absolute Gasteiger partial charge is 0.387 e. The van der Waals surface area contributed by atoms with Crippen molar-refractivity contribution >= 4 is 18.1 Å². The van der Waals surface area contributed by atoms with Gasteiger partial charge in [-0.05, 0) is 24.1 Å². The lowest BCUT2D eigenvalue weighted by Crippen LogP contribution is -2.28. The number of nitro groups is 1. The summed E-state index contributed by atoms with van der Waals surface area (Å²) in [6.07, 6.45) is 0.398. The van der Waals surface area contributed by atoms with Crippen LogP contribution in [0.4, 0.5) is 5.69 Å². The minimum Gasteiger partial charge on any atom is -0.387 e. The van der Waals surface area contributed by atoms with Crippen molar-refractivity contribution in [2.45, 2.75) is 25.0 Å². The van der Waals surface area contributed by atoms with Crippen molar-refractivity contribution in [3.8, 4) is 11.8 Å². The lowest BCUT2D eigenvalue weighted by molar-refractivity contribution is -0.384. The molecule has 2 unspecified atom stereocenters. The second-order valence-electron chi connectivity index (χ2n) is 5.16. The number of aliphatic hydroxyl groups is 1. The molecule has 0 aliphatic carbocycles. The highest BCUT2D eigenvalue weighted by atomic mass is 35.5. The zero-order valence-corrected chi connectivity index (χ0v) is 13.8. The van der Waals surface area contributed by atoms with Crippen LogP contribution < -0.4 is 5.73 Å². The van der Waals surface area contributed by atoms with Gasteiger partial charge in [0.15, 0.2) is 0 Å². The Morgan fingerprint density at radius 2 is 1.75 bits per heavy atom. The van der Waals surface area contributed by atoms with Gasteiger partial charge in [0, 0.05) is 30.2 Å². The number of nitrogens with zero attached hydrogens (tertiary/aromatic N) is 1. The van der Waals surface area contributed by atoms with Gasteiger partial charge in [-0.1, -0.05) is 42.2 Å². The molecule has 126 valence electrons. The smallest absolute Gasteiger partial charge is 0.269 e. The van der Waals surface area contributed by atoms with Gasteiger partial charge < -0.3 is 10.8 Å². The maximum absolute atomic E-state index is 10.6. The fraction of sp³-hybridized carbons (Fsp3) is 0.222. The molecule has 0 spiro atoms. The third-order valence-electron chi connectivity index (χ3n) is 3.46. The molecule has 0 aliphatic rings. The Morgan fingerprint density at radius 1 is 1.12 bits per heavy atom. The quantitative estimate of drug-likeness (QED) is 0.494. The summed E-state index contributed by atoms with van der Waals surface area (Å²) >= 11 is 0. The van der Waals surface area contributed by atoms with E-state index >= 15 is 0 Å². The van der Waals surface area contributed by atoms with Gasteiger partial charge in [0.2, 0.25) is 0 Å². The number of hydrogen-bond donors (Lipinski definition) is 2. The Labute approximate surface area is 147 Å². The third kappa shape index (κ3) is 5.67. The van der Waals surface area contributed by atoms with Crippen LogP contribution in [0.2, 0.25) is 0 Å². The fourth-order valence-corrected chi connectivity index (χ4v) is 2.13. The number of rotatable bonds is 5. The minimum atomic E-state index is -0.711. The number of hydrogen-bond acceptors (Lipinski definition) is 4. The molecule has 0 bridgehead atoms. The van der Waals surface area contributed by atoms with Gasteiger partial charge in [-0.3, -0.25) is 10.1 Å². The molecule has 2 aromatic carbocycles. The van der Waals surface area contributed by atoms with Crippen LogP contribution >= 0.6 is 12.4 Å². The van der Waals surface area contributed by atoms with E-state index in [1.165, 1.54) is 12.1 Å². The molecule has 0 heterocycles. The number of non-ortho nitro benzene ring substituents is 1. The van der Waals surface area contributed by atoms with Crippen LogP contribution in [0.1, 0.15) is 30.1 Å². The molecule has 0 saturated heterocycles. The fourth-order valence-electron chi connectivity index (χ4n) is 2.13. The monoisotopic (exact) mass is 346 g/mol. The van der Waals surface area contributed by atoms with Crippen LogP contribution in [0.25, 0.3) is 0 Å². The summed E-state index contributed by atoms with van der Waals surface area (Å²) in [5.74, 6) is 5.91. The molecule has 0 fully saturated rings. The molecule has 6 heteroatoms. The molecule has 5 nitrogen and oxygen atoms in total. The number of nitrogens with two attached hydrogens (primary N) is 1. The Bertz CT molecular complexity index is 709. The molecule has 0 amide bonds. The summed E-state index contributed by atoms with van der Waals surface area (Å²) in [7, 11) is 0. The second-order valence-corrected chi connectivity index (χ2v) is 5.16. The molecule has 2 atom stereocenters. The highest BCUT2D eigenvalue weighted by Crippen LogP contribution is 2.17. The van der Waals surface area contributed by atoms with Crippen LogP contribution in [-0.2, 0) is 0 Å². The maximum atomic E-state index is 10.6. The van der Waals surface area contributed by atoms with Gasteiger partial charge in [-0.25, -0.2) is 0 Å². The first-order valence-corrected chi connectivity index (χ1v) is 7.30. The Hall–Kier alpha value is -2.39. The molecule has 0 aromatic heterocycles. The van der Waals surface area contributed by atoms with Crippen molar-refractivity contribution in [3.63, 3.8) is 0 Å². The standard InChI is InChI=1S/C18H18N2O3.ClH/c19-17(18(21)15-7-2-1-3-8-15)9-5-4-6-14-10-12-16(13-11-14)20(22)23;/h1-3,7-8,10-13,17-18,21H,5,9,19H2;1H. The summed E-state index contributed by atoms with van der Waals surface area (Å²) in [6.45, 7) is 0. The van der Waals surface area contributed by atoms with E-state index in [9.17, 15) is 15.2 Å². The summed E-state index contributed by atoms with van der Waals surface area (Å²) in [6, 6.07) is 15.0. The first-order chi connectivity index (χ1) is 11.1. The van der Waals surface area contributed by atoms with Gasteiger partial charge >= 0.3 is 0 Å². The van der Waals surface area contributed by atoms with Crippen molar-refractivity contribution < 1.29 is 10.0 Å². The van der Waals surface area contributed by atoms with E-state index in [4.69, 9.17) is 5.73 Å². The van der Waals surface area contributed by atoms with Gasteiger partial charge in [-0.15, -0.1) is 12.4 Å². The Kier molecular flexibility index (Phi) is 7.93. The Morgan fingerprint density at radius 3 is 2.33 bits per heavy atom. The van der Waals surface area contributed by atoms with E-state index < -0.39 is 11.0 Å². The van der Waals surface area contributed by atoms with Crippen molar-refractivity contribution in [2.75, 3.05) is 0 Å². The first-order valence-electron chi connectivity index (χ1n) is 7.30. The van der Waals surface area contributed by atoms with Crippen LogP contribution in [0.3, 0.4) is 0 Å². The van der Waals surface area contributed by atoms with Crippen molar-refractivity contribution in [2.24, 2.45) is 5.73 Å². The molecule has 0 saturated carbocycles. The molecule has 0 aliphatic heterocycles. The average Bonchev–Trinajstić information content (AvgIpc) is 2.59. The number of aliphatic hydroxyl groups excluding tert-OH is 1.